The molecule has 0 rings (SSSR count). The van der Waals surface area contributed by atoms with Gasteiger partial charge in [0.2, 0.25) is 0 Å². The first-order valence-corrected chi connectivity index (χ1v) is 9.45. The van der Waals surface area contributed by atoms with Crippen LogP contribution in [-0.4, -0.2) is 88.6 Å². The minimum Gasteiger partial charge on any atom is -0.192 e. The Hall–Kier alpha value is -2.28. The van der Waals surface area contributed by atoms with Gasteiger partial charge in [0, 0.05) is 0 Å². The van der Waals surface area contributed by atoms with Crippen molar-refractivity contribution >= 4 is 0 Å². The molecule has 0 aromatic carbocycles. The minimum atomic E-state index is -10.2. The van der Waals surface area contributed by atoms with Crippen LogP contribution in [0.5, 0.6) is 0 Å². The molecule has 1 nitrogen and oxygen atoms in total. The van der Waals surface area contributed by atoms with Gasteiger partial charge >= 0.3 is 83.7 Å². The van der Waals surface area contributed by atoms with Crippen molar-refractivity contribution < 1.29 is 146 Å². The molecule has 284 valence electrons. The van der Waals surface area contributed by atoms with Crippen LogP contribution < -0.4 is 0 Å². The Bertz CT molecular complexity index is 1060. The Morgan fingerprint density at radius 1 is 0.191 bits per heavy atom. The molecule has 0 fully saturated rings. The molecule has 0 heterocycles. The SMILES string of the molecule is FC(F)(F)C(F)(F)C(F)(F)C(F)(F)C(F)(F)C(F)(F)C(F)(F)C(F)(F)[N+](F)(F)C(F)(F)C(F)(F)C(F)(F)C(F)(F)C(F)(F)C(F)(F)F. The Morgan fingerprint density at radius 2 is 0.319 bits per heavy atom. The van der Waals surface area contributed by atoms with Gasteiger partial charge in [-0.15, -0.1) is 17.6 Å². The average Bonchev–Trinajstić information content (AvgIpc) is 2.80. The zero-order valence-corrected chi connectivity index (χ0v) is 19.5. The van der Waals surface area contributed by atoms with Crippen LogP contribution in [0.4, 0.5) is 141 Å². The molecule has 0 saturated carbocycles. The van der Waals surface area contributed by atoms with Crippen molar-refractivity contribution in [1.29, 1.82) is 0 Å². The van der Waals surface area contributed by atoms with E-state index in [1.54, 1.807) is 0 Å². The second kappa shape index (κ2) is 10.4. The van der Waals surface area contributed by atoms with Gasteiger partial charge in [-0.3, -0.25) is 0 Å². The highest BCUT2D eigenvalue weighted by Crippen LogP contribution is 2.68. The number of halogens is 32. The Kier molecular flexibility index (Phi) is 9.87. The summed E-state index contributed by atoms with van der Waals surface area (Å²) in [6, 6.07) is -20.3. The Morgan fingerprint density at radius 3 is 0.468 bits per heavy atom. The first-order valence-electron chi connectivity index (χ1n) is 9.45. The molecule has 0 aliphatic carbocycles. The van der Waals surface area contributed by atoms with Crippen molar-refractivity contribution in [3.05, 3.63) is 0 Å². The van der Waals surface area contributed by atoms with Gasteiger partial charge in [0.1, 0.15) is 0 Å². The predicted octanol–water partition coefficient (Wildman–Crippen LogP) is 10.2. The second-order valence-corrected chi connectivity index (χ2v) is 8.34. The third-order valence-corrected chi connectivity index (χ3v) is 5.33. The van der Waals surface area contributed by atoms with Gasteiger partial charge in [0.25, 0.3) is 0 Å². The molecule has 0 radical (unpaired) electrons. The van der Waals surface area contributed by atoms with Gasteiger partial charge in [-0.1, -0.05) is 0 Å². The van der Waals surface area contributed by atoms with Crippen LogP contribution in [-0.2, 0) is 0 Å². The van der Waals surface area contributed by atoms with Crippen LogP contribution in [0.3, 0.4) is 0 Å². The standard InChI is InChI=1S/C14F32N/c15-1(16,3(19,20)7(27,28)11(35,36)37)2(17,18)5(23,24)9(31,32)13(41,42)47(45,46)14(43,44)10(33,34)6(25,26)4(21,22)8(29,30)12(38,39)40/q+1. The van der Waals surface area contributed by atoms with Gasteiger partial charge in [0.15, 0.2) is 4.93 Å². The van der Waals surface area contributed by atoms with Gasteiger partial charge < -0.3 is 0 Å². The monoisotopic (exact) mass is 790 g/mol. The third-order valence-electron chi connectivity index (χ3n) is 5.33. The maximum atomic E-state index is 13.6. The van der Waals surface area contributed by atoms with Crippen LogP contribution in [0, 0.1) is 0 Å². The van der Waals surface area contributed by atoms with Gasteiger partial charge in [-0.25, -0.2) is 0 Å². The van der Waals surface area contributed by atoms with Crippen molar-refractivity contribution in [2.45, 2.75) is 83.7 Å². The van der Waals surface area contributed by atoms with Gasteiger partial charge in [0.05, 0.1) is 8.96 Å². The van der Waals surface area contributed by atoms with Crippen molar-refractivity contribution in [1.82, 2.24) is 0 Å². The Labute approximate surface area is 231 Å². The number of hydrogen-bond donors (Lipinski definition) is 0. The molecule has 0 N–H and O–H groups in total. The van der Waals surface area contributed by atoms with Crippen LogP contribution in [0.1, 0.15) is 0 Å². The minimum absolute atomic E-state index is 8.36. The fourth-order valence-corrected chi connectivity index (χ4v) is 2.45. The number of quaternary nitrogens is 1. The van der Waals surface area contributed by atoms with E-state index < -0.39 is 88.6 Å². The summed E-state index contributed by atoms with van der Waals surface area (Å²) in [5.74, 6) is -95.7. The van der Waals surface area contributed by atoms with E-state index in [1.165, 1.54) is 0 Å². The van der Waals surface area contributed by atoms with Crippen LogP contribution in [0.25, 0.3) is 0 Å². The summed E-state index contributed by atoms with van der Waals surface area (Å²) in [4.78, 5) is -9.16. The number of hydrogen-bond acceptors (Lipinski definition) is 0. The van der Waals surface area contributed by atoms with E-state index in [9.17, 15) is 141 Å². The summed E-state index contributed by atoms with van der Waals surface area (Å²) in [5.41, 5.74) is 0. The zero-order valence-electron chi connectivity index (χ0n) is 19.5. The average molecular weight is 790 g/mol. The maximum absolute atomic E-state index is 13.6. The highest BCUT2D eigenvalue weighted by atomic mass is 19.5. The summed E-state index contributed by atoms with van der Waals surface area (Å²) in [5, 5.41) is 0. The molecule has 0 spiro atoms. The first kappa shape index (κ1) is 44.7. The maximum Gasteiger partial charge on any atom is 0.540 e. The lowest BCUT2D eigenvalue weighted by Crippen LogP contribution is -2.81. The van der Waals surface area contributed by atoms with Gasteiger partial charge in [-0.05, 0) is 0 Å². The van der Waals surface area contributed by atoms with Crippen molar-refractivity contribution in [3.63, 3.8) is 0 Å². The summed E-state index contributed by atoms with van der Waals surface area (Å²) >= 11 is 0. The summed E-state index contributed by atoms with van der Waals surface area (Å²) in [6.07, 6.45) is -16.7. The van der Waals surface area contributed by atoms with Crippen molar-refractivity contribution in [2.75, 3.05) is 0 Å². The lowest BCUT2D eigenvalue weighted by Gasteiger charge is -2.43. The topological polar surface area (TPSA) is 0 Å². The molecule has 0 aromatic heterocycles. The van der Waals surface area contributed by atoms with Crippen LogP contribution in [0.2, 0.25) is 0 Å². The van der Waals surface area contributed by atoms with E-state index in [0.29, 0.717) is 0 Å². The molecule has 0 aliphatic rings. The quantitative estimate of drug-likeness (QED) is 0.105. The molecule has 47 heavy (non-hydrogen) atoms. The summed E-state index contributed by atoms with van der Waals surface area (Å²) in [6.45, 7) is 0. The molecule has 0 amide bonds. The normalized spacial score (nSPS) is 17.4. The smallest absolute Gasteiger partial charge is 0.192 e. The van der Waals surface area contributed by atoms with Crippen LogP contribution >= 0.6 is 0 Å². The highest BCUT2D eigenvalue weighted by Gasteiger charge is 3.04. The van der Waals surface area contributed by atoms with E-state index in [2.05, 4.69) is 0 Å². The van der Waals surface area contributed by atoms with E-state index in [4.69, 9.17) is 0 Å². The molecule has 33 heteroatoms. The summed E-state index contributed by atoms with van der Waals surface area (Å²) < 4.78 is 417. The molecular formula is C14F32N+. The first-order chi connectivity index (χ1) is 19.5. The third kappa shape index (κ3) is 4.97. The zero-order chi connectivity index (χ0) is 39.5. The molecule has 0 unspecified atom stereocenters. The number of rotatable bonds is 12. The lowest BCUT2D eigenvalue weighted by atomic mass is 9.90. The summed E-state index contributed by atoms with van der Waals surface area (Å²) in [7, 11) is 0. The van der Waals surface area contributed by atoms with Crippen molar-refractivity contribution in [3.8, 4) is 0 Å². The predicted molar refractivity (Wildman–Crippen MR) is 74.0 cm³/mol. The highest BCUT2D eigenvalue weighted by molar-refractivity contribution is 5.15. The molecule has 0 saturated heterocycles. The van der Waals surface area contributed by atoms with E-state index >= 15 is 0 Å². The largest absolute Gasteiger partial charge is 0.540 e. The fourth-order valence-electron chi connectivity index (χ4n) is 2.45. The number of nitrogens with zero attached hydrogens (tertiary/aromatic N) is 1. The van der Waals surface area contributed by atoms with Gasteiger partial charge in [-0.2, -0.15) is 114 Å². The molecule has 0 aliphatic heterocycles. The Balaban J connectivity index is 7.61. The van der Waals surface area contributed by atoms with Crippen molar-refractivity contribution in [2.24, 2.45) is 0 Å². The van der Waals surface area contributed by atoms with E-state index in [-0.39, 0.29) is 0 Å². The molecule has 0 bridgehead atoms. The molecule has 0 aromatic rings. The lowest BCUT2D eigenvalue weighted by molar-refractivity contribution is -1.28. The van der Waals surface area contributed by atoms with Crippen LogP contribution in [0.15, 0.2) is 0 Å². The number of alkyl halides is 30. The second-order valence-electron chi connectivity index (χ2n) is 8.34. The molecular weight excluding hydrogens is 790 g/mol. The van der Waals surface area contributed by atoms with E-state index in [0.717, 1.165) is 0 Å². The van der Waals surface area contributed by atoms with E-state index in [1.807, 2.05) is 0 Å². The molecule has 0 atom stereocenters. The fraction of sp³-hybridized carbons (Fsp3) is 1.00.